The number of carbonyl (C=O) groups excluding carboxylic acids is 3. The highest BCUT2D eigenvalue weighted by molar-refractivity contribution is 5.98. The number of amides is 3. The van der Waals surface area contributed by atoms with Crippen LogP contribution in [0.15, 0.2) is 48.5 Å². The largest absolute Gasteiger partial charge is 0.497 e. The van der Waals surface area contributed by atoms with Crippen LogP contribution in [-0.4, -0.2) is 72.6 Å². The highest BCUT2D eigenvalue weighted by Gasteiger charge is 2.54. The number of ether oxygens (including phenoxy) is 2. The number of nitrogens with one attached hydrogen (secondary N) is 1. The summed E-state index contributed by atoms with van der Waals surface area (Å²) in [6, 6.07) is 11.4. The lowest BCUT2D eigenvalue weighted by molar-refractivity contribution is -0.128. The van der Waals surface area contributed by atoms with Gasteiger partial charge in [-0.2, -0.15) is 0 Å². The van der Waals surface area contributed by atoms with E-state index in [1.807, 2.05) is 6.92 Å². The first-order valence-electron chi connectivity index (χ1n) is 11.8. The summed E-state index contributed by atoms with van der Waals surface area (Å²) in [5.41, 5.74) is -0.192. The topological polar surface area (TPSA) is 88.2 Å². The van der Waals surface area contributed by atoms with Gasteiger partial charge in [-0.3, -0.25) is 19.3 Å². The van der Waals surface area contributed by atoms with E-state index in [4.69, 9.17) is 9.47 Å². The van der Waals surface area contributed by atoms with E-state index in [0.717, 1.165) is 6.42 Å². The van der Waals surface area contributed by atoms with E-state index in [-0.39, 0.29) is 24.0 Å². The molecule has 2 heterocycles. The normalized spacial score (nSPS) is 19.0. The van der Waals surface area contributed by atoms with E-state index in [2.05, 4.69) is 5.32 Å². The number of benzene rings is 2. The fourth-order valence-corrected chi connectivity index (χ4v) is 4.64. The van der Waals surface area contributed by atoms with Crippen LogP contribution < -0.4 is 10.1 Å². The molecule has 1 spiro atoms. The highest BCUT2D eigenvalue weighted by Crippen LogP contribution is 2.39. The molecule has 9 heteroatoms. The van der Waals surface area contributed by atoms with Crippen molar-refractivity contribution in [3.8, 4) is 5.75 Å². The van der Waals surface area contributed by atoms with Gasteiger partial charge in [0, 0.05) is 43.6 Å². The Morgan fingerprint density at radius 3 is 2.23 bits per heavy atom. The van der Waals surface area contributed by atoms with Gasteiger partial charge in [-0.1, -0.05) is 6.92 Å². The van der Waals surface area contributed by atoms with Crippen LogP contribution in [0.1, 0.15) is 46.9 Å². The number of rotatable bonds is 6. The number of piperidine rings is 1. The summed E-state index contributed by atoms with van der Waals surface area (Å²) in [6.07, 6.45) is 1.48. The SMILES string of the molecule is CCCNC(=O)[C@@H]1COC2(CCN(C(=O)c3ccc(OC)cc3)CC2)N1C(=O)c1ccc(F)cc1. The maximum Gasteiger partial charge on any atom is 0.256 e. The Kier molecular flexibility index (Phi) is 7.35. The van der Waals surface area contributed by atoms with Gasteiger partial charge in [0.25, 0.3) is 11.8 Å². The minimum Gasteiger partial charge on any atom is -0.497 e. The second-order valence-electron chi connectivity index (χ2n) is 8.77. The molecule has 0 unspecified atom stereocenters. The molecule has 0 aromatic heterocycles. The molecule has 2 fully saturated rings. The van der Waals surface area contributed by atoms with Crippen LogP contribution in [0.5, 0.6) is 5.75 Å². The minimum atomic E-state index is -1.02. The van der Waals surface area contributed by atoms with Crippen LogP contribution in [0.4, 0.5) is 4.39 Å². The van der Waals surface area contributed by atoms with Crippen molar-refractivity contribution in [2.75, 3.05) is 33.4 Å². The Morgan fingerprint density at radius 1 is 1.03 bits per heavy atom. The zero-order valence-electron chi connectivity index (χ0n) is 20.0. The molecule has 1 N–H and O–H groups in total. The van der Waals surface area contributed by atoms with Crippen molar-refractivity contribution in [3.63, 3.8) is 0 Å². The van der Waals surface area contributed by atoms with Crippen LogP contribution in [0.3, 0.4) is 0 Å². The lowest BCUT2D eigenvalue weighted by Gasteiger charge is -2.44. The summed E-state index contributed by atoms with van der Waals surface area (Å²) >= 11 is 0. The smallest absolute Gasteiger partial charge is 0.256 e. The molecular weight excluding hydrogens is 453 g/mol. The summed E-state index contributed by atoms with van der Waals surface area (Å²) in [7, 11) is 1.57. The van der Waals surface area contributed by atoms with E-state index in [1.54, 1.807) is 36.3 Å². The van der Waals surface area contributed by atoms with Crippen LogP contribution >= 0.6 is 0 Å². The summed E-state index contributed by atoms with van der Waals surface area (Å²) < 4.78 is 24.8. The van der Waals surface area contributed by atoms with Crippen LogP contribution in [-0.2, 0) is 9.53 Å². The van der Waals surface area contributed by atoms with Crippen molar-refractivity contribution in [2.24, 2.45) is 0 Å². The van der Waals surface area contributed by atoms with Crippen molar-refractivity contribution in [1.82, 2.24) is 15.1 Å². The van der Waals surface area contributed by atoms with Gasteiger partial charge in [0.1, 0.15) is 23.3 Å². The molecule has 0 saturated carbocycles. The number of halogens is 1. The van der Waals surface area contributed by atoms with Gasteiger partial charge in [0.05, 0.1) is 13.7 Å². The lowest BCUT2D eigenvalue weighted by atomic mass is 9.96. The number of hydrogen-bond acceptors (Lipinski definition) is 5. The monoisotopic (exact) mass is 483 g/mol. The summed E-state index contributed by atoms with van der Waals surface area (Å²) in [4.78, 5) is 42.7. The Hall–Kier alpha value is -3.46. The predicted molar refractivity (Wildman–Crippen MR) is 126 cm³/mol. The Balaban J connectivity index is 1.54. The lowest BCUT2D eigenvalue weighted by Crippen LogP contribution is -2.59. The molecule has 0 bridgehead atoms. The van der Waals surface area contributed by atoms with Crippen LogP contribution in [0, 0.1) is 5.82 Å². The molecule has 4 rings (SSSR count). The number of likely N-dealkylation sites (tertiary alicyclic amines) is 1. The quantitative estimate of drug-likeness (QED) is 0.683. The Bertz CT molecular complexity index is 1070. The zero-order valence-corrected chi connectivity index (χ0v) is 20.0. The van der Waals surface area contributed by atoms with E-state index >= 15 is 0 Å². The molecular formula is C26H30FN3O5. The van der Waals surface area contributed by atoms with Gasteiger partial charge < -0.3 is 19.7 Å². The molecule has 3 amide bonds. The molecule has 2 saturated heterocycles. The molecule has 0 radical (unpaired) electrons. The second kappa shape index (κ2) is 10.4. The Morgan fingerprint density at radius 2 is 1.63 bits per heavy atom. The molecule has 2 aromatic carbocycles. The number of nitrogens with zero attached hydrogens (tertiary/aromatic N) is 2. The standard InChI is InChI=1S/C26H30FN3O5/c1-3-14-28-23(31)22-17-35-26(30(22)25(33)19-4-8-20(27)9-5-19)12-15-29(16-13-26)24(32)18-6-10-21(34-2)11-7-18/h4-11,22H,3,12-17H2,1-2H3,(H,28,31)/t22-/m0/s1. The zero-order chi connectivity index (χ0) is 25.0. The van der Waals surface area contributed by atoms with E-state index in [0.29, 0.717) is 43.8 Å². The van der Waals surface area contributed by atoms with Crippen molar-refractivity contribution < 1.29 is 28.2 Å². The van der Waals surface area contributed by atoms with E-state index in [1.165, 1.54) is 29.2 Å². The molecule has 2 aliphatic rings. The average Bonchev–Trinajstić information content (AvgIpc) is 3.25. The van der Waals surface area contributed by atoms with E-state index < -0.39 is 23.5 Å². The maximum atomic E-state index is 13.6. The number of hydrogen-bond donors (Lipinski definition) is 1. The first-order valence-corrected chi connectivity index (χ1v) is 11.8. The van der Waals surface area contributed by atoms with Crippen molar-refractivity contribution in [3.05, 3.63) is 65.5 Å². The Labute approximate surface area is 204 Å². The summed E-state index contributed by atoms with van der Waals surface area (Å²) in [5, 5.41) is 2.85. The third kappa shape index (κ3) is 5.00. The van der Waals surface area contributed by atoms with Gasteiger partial charge in [-0.05, 0) is 55.0 Å². The second-order valence-corrected chi connectivity index (χ2v) is 8.77. The van der Waals surface area contributed by atoms with Crippen LogP contribution in [0.2, 0.25) is 0 Å². The molecule has 0 aliphatic carbocycles. The van der Waals surface area contributed by atoms with Gasteiger partial charge in [-0.15, -0.1) is 0 Å². The van der Waals surface area contributed by atoms with Gasteiger partial charge in [0.15, 0.2) is 0 Å². The number of methoxy groups -OCH3 is 1. The summed E-state index contributed by atoms with van der Waals surface area (Å²) in [6.45, 7) is 3.23. The average molecular weight is 484 g/mol. The fourth-order valence-electron chi connectivity index (χ4n) is 4.64. The van der Waals surface area contributed by atoms with Crippen LogP contribution in [0.25, 0.3) is 0 Å². The highest BCUT2D eigenvalue weighted by atomic mass is 19.1. The van der Waals surface area contributed by atoms with Crippen molar-refractivity contribution in [1.29, 1.82) is 0 Å². The third-order valence-corrected chi connectivity index (χ3v) is 6.59. The fraction of sp³-hybridized carbons (Fsp3) is 0.423. The first kappa shape index (κ1) is 24.7. The molecule has 8 nitrogen and oxygen atoms in total. The summed E-state index contributed by atoms with van der Waals surface area (Å²) in [5.74, 6) is -0.573. The molecule has 35 heavy (non-hydrogen) atoms. The van der Waals surface area contributed by atoms with Gasteiger partial charge in [-0.25, -0.2) is 4.39 Å². The maximum absolute atomic E-state index is 13.6. The van der Waals surface area contributed by atoms with Gasteiger partial charge >= 0.3 is 0 Å². The van der Waals surface area contributed by atoms with Gasteiger partial charge in [0.2, 0.25) is 5.91 Å². The third-order valence-electron chi connectivity index (χ3n) is 6.59. The first-order chi connectivity index (χ1) is 16.9. The van der Waals surface area contributed by atoms with Crippen molar-refractivity contribution >= 4 is 17.7 Å². The molecule has 2 aliphatic heterocycles. The molecule has 2 aromatic rings. The minimum absolute atomic E-state index is 0.0644. The predicted octanol–water partition coefficient (Wildman–Crippen LogP) is 2.83. The molecule has 186 valence electrons. The molecule has 1 atom stereocenters. The number of carbonyl (C=O) groups is 3. The van der Waals surface area contributed by atoms with E-state index in [9.17, 15) is 18.8 Å². The van der Waals surface area contributed by atoms with Crippen molar-refractivity contribution in [2.45, 2.75) is 38.0 Å².